The maximum Gasteiger partial charge on any atom is 0.338 e. The van der Waals surface area contributed by atoms with Gasteiger partial charge in [0, 0.05) is 16.5 Å². The number of carbonyl (C=O) groups excluding carboxylic acids is 1. The summed E-state index contributed by atoms with van der Waals surface area (Å²) in [5.41, 5.74) is 2.20. The Morgan fingerprint density at radius 3 is 2.53 bits per heavy atom. The van der Waals surface area contributed by atoms with Crippen LogP contribution in [0.15, 0.2) is 91.4 Å². The first-order valence-electron chi connectivity index (χ1n) is 11.5. The summed E-state index contributed by atoms with van der Waals surface area (Å²) >= 11 is 2.90. The molecule has 2 aromatic carbocycles. The van der Waals surface area contributed by atoms with Crippen LogP contribution < -0.4 is 14.9 Å². The third-order valence-corrected chi connectivity index (χ3v) is 7.57. The molecule has 0 radical (unpaired) electrons. The lowest BCUT2D eigenvalue weighted by molar-refractivity contribution is -0.138. The number of thioether (sulfide) groups is 1. The summed E-state index contributed by atoms with van der Waals surface area (Å²) in [6.07, 6.45) is 3.73. The van der Waals surface area contributed by atoms with Crippen LogP contribution >= 0.6 is 23.1 Å². The number of nitrogens with zero attached hydrogens (tertiary/aromatic N) is 2. The Morgan fingerprint density at radius 1 is 1.14 bits per heavy atom. The van der Waals surface area contributed by atoms with Gasteiger partial charge in [-0.05, 0) is 49.9 Å². The molecule has 0 bridgehead atoms. The van der Waals surface area contributed by atoms with E-state index >= 15 is 0 Å². The van der Waals surface area contributed by atoms with Crippen LogP contribution in [0.3, 0.4) is 0 Å². The van der Waals surface area contributed by atoms with Crippen molar-refractivity contribution < 1.29 is 13.9 Å². The van der Waals surface area contributed by atoms with E-state index in [1.54, 1.807) is 29.3 Å². The van der Waals surface area contributed by atoms with E-state index in [0.29, 0.717) is 26.4 Å². The molecule has 0 N–H and O–H groups in total. The number of benzene rings is 2. The molecular weight excluding hydrogens is 492 g/mol. The highest BCUT2D eigenvalue weighted by molar-refractivity contribution is 7.98. The number of ether oxygens (including phenoxy) is 1. The van der Waals surface area contributed by atoms with E-state index in [1.165, 1.54) is 11.3 Å². The minimum absolute atomic E-state index is 0.213. The third kappa shape index (κ3) is 4.50. The summed E-state index contributed by atoms with van der Waals surface area (Å²) < 4.78 is 13.2. The molecule has 0 saturated carbocycles. The van der Waals surface area contributed by atoms with Gasteiger partial charge in [0.25, 0.3) is 5.56 Å². The van der Waals surface area contributed by atoms with Gasteiger partial charge in [0.15, 0.2) is 4.80 Å². The van der Waals surface area contributed by atoms with Gasteiger partial charge in [0.2, 0.25) is 0 Å². The number of hydrogen-bond donors (Lipinski definition) is 0. The lowest BCUT2D eigenvalue weighted by Crippen LogP contribution is -2.40. The molecule has 0 fully saturated rings. The van der Waals surface area contributed by atoms with Crippen molar-refractivity contribution in [3.63, 3.8) is 0 Å². The molecule has 5 rings (SSSR count). The number of aryl methyl sites for hydroxylation is 1. The summed E-state index contributed by atoms with van der Waals surface area (Å²) in [5, 5.41) is 0. The molecule has 182 valence electrons. The van der Waals surface area contributed by atoms with Gasteiger partial charge in [0.05, 0.1) is 28.5 Å². The Kier molecular flexibility index (Phi) is 6.80. The van der Waals surface area contributed by atoms with Gasteiger partial charge in [-0.2, -0.15) is 0 Å². The molecule has 0 spiro atoms. The first kappa shape index (κ1) is 24.1. The van der Waals surface area contributed by atoms with Crippen molar-refractivity contribution in [2.24, 2.45) is 4.99 Å². The molecule has 1 aliphatic rings. The second kappa shape index (κ2) is 10.2. The number of hydrogen-bond acceptors (Lipinski definition) is 7. The molecule has 8 heteroatoms. The lowest BCUT2D eigenvalue weighted by atomic mass is 9.93. The van der Waals surface area contributed by atoms with E-state index in [9.17, 15) is 9.59 Å². The minimum atomic E-state index is -0.688. The van der Waals surface area contributed by atoms with Crippen molar-refractivity contribution in [2.75, 3.05) is 12.9 Å². The second-order valence-corrected chi connectivity index (χ2v) is 10.0. The van der Waals surface area contributed by atoms with Crippen LogP contribution in [0.2, 0.25) is 0 Å². The van der Waals surface area contributed by atoms with E-state index < -0.39 is 12.0 Å². The molecule has 0 saturated heterocycles. The summed E-state index contributed by atoms with van der Waals surface area (Å²) in [6, 6.07) is 20.4. The minimum Gasteiger partial charge on any atom is -0.463 e. The van der Waals surface area contributed by atoms with Crippen LogP contribution in [0.1, 0.15) is 35.6 Å². The first-order valence-corrected chi connectivity index (χ1v) is 13.5. The van der Waals surface area contributed by atoms with Gasteiger partial charge in [-0.1, -0.05) is 53.8 Å². The summed E-state index contributed by atoms with van der Waals surface area (Å²) in [4.78, 5) is 33.6. The topological polar surface area (TPSA) is 73.8 Å². The van der Waals surface area contributed by atoms with Crippen LogP contribution in [0.4, 0.5) is 0 Å². The van der Waals surface area contributed by atoms with E-state index in [-0.39, 0.29) is 12.2 Å². The number of thiazole rings is 1. The van der Waals surface area contributed by atoms with Crippen molar-refractivity contribution in [3.8, 4) is 0 Å². The Morgan fingerprint density at radius 2 is 1.89 bits per heavy atom. The fraction of sp³-hybridized carbons (Fsp3) is 0.179. The van der Waals surface area contributed by atoms with E-state index in [2.05, 4.69) is 0 Å². The molecule has 4 aromatic rings. The summed E-state index contributed by atoms with van der Waals surface area (Å²) in [7, 11) is 0. The Bertz CT molecular complexity index is 1630. The van der Waals surface area contributed by atoms with E-state index in [0.717, 1.165) is 21.8 Å². The second-order valence-electron chi connectivity index (χ2n) is 8.15. The number of furan rings is 1. The molecule has 6 nitrogen and oxygen atoms in total. The monoisotopic (exact) mass is 516 g/mol. The van der Waals surface area contributed by atoms with Crippen LogP contribution in [-0.2, 0) is 9.53 Å². The smallest absolute Gasteiger partial charge is 0.338 e. The maximum absolute atomic E-state index is 13.8. The quantitative estimate of drug-likeness (QED) is 0.278. The Hall–Kier alpha value is -3.62. The number of rotatable bonds is 6. The molecule has 0 unspecified atom stereocenters. The zero-order valence-electron chi connectivity index (χ0n) is 20.1. The molecule has 1 atom stereocenters. The molecule has 0 aliphatic carbocycles. The number of carbonyl (C=O) groups is 1. The predicted molar refractivity (Wildman–Crippen MR) is 143 cm³/mol. The third-order valence-electron chi connectivity index (χ3n) is 5.84. The largest absolute Gasteiger partial charge is 0.463 e. The van der Waals surface area contributed by atoms with Gasteiger partial charge in [0.1, 0.15) is 11.5 Å². The van der Waals surface area contributed by atoms with Crippen molar-refractivity contribution in [1.82, 2.24) is 4.57 Å². The molecule has 2 aromatic heterocycles. The van der Waals surface area contributed by atoms with Crippen molar-refractivity contribution in [1.29, 1.82) is 0 Å². The Labute approximate surface area is 216 Å². The van der Waals surface area contributed by atoms with Crippen LogP contribution in [0.5, 0.6) is 0 Å². The first-order chi connectivity index (χ1) is 17.5. The van der Waals surface area contributed by atoms with E-state index in [1.807, 2.05) is 79.9 Å². The highest BCUT2D eigenvalue weighted by Crippen LogP contribution is 2.35. The van der Waals surface area contributed by atoms with Gasteiger partial charge >= 0.3 is 5.97 Å². The zero-order chi connectivity index (χ0) is 25.2. The van der Waals surface area contributed by atoms with E-state index in [4.69, 9.17) is 14.1 Å². The van der Waals surface area contributed by atoms with Gasteiger partial charge in [-0.3, -0.25) is 9.36 Å². The van der Waals surface area contributed by atoms with Crippen LogP contribution in [-0.4, -0.2) is 23.4 Å². The summed E-state index contributed by atoms with van der Waals surface area (Å²) in [5.74, 6) is 0.860. The van der Waals surface area contributed by atoms with Gasteiger partial charge in [-0.25, -0.2) is 9.79 Å². The van der Waals surface area contributed by atoms with Gasteiger partial charge < -0.3 is 9.15 Å². The molecular formula is C28H24N2O4S2. The Balaban J connectivity index is 1.82. The fourth-order valence-corrected chi connectivity index (χ4v) is 5.59. The normalized spacial score (nSPS) is 15.5. The van der Waals surface area contributed by atoms with Crippen LogP contribution in [0.25, 0.3) is 11.8 Å². The lowest BCUT2D eigenvalue weighted by Gasteiger charge is -2.26. The van der Waals surface area contributed by atoms with Gasteiger partial charge in [-0.15, -0.1) is 11.8 Å². The van der Waals surface area contributed by atoms with Crippen molar-refractivity contribution in [3.05, 3.63) is 115 Å². The number of esters is 1. The molecule has 3 heterocycles. The maximum atomic E-state index is 13.8. The SMILES string of the molecule is CCOC(=O)C1=C(c2ccccc2)N=c2s/c(=C\c3ccc(C)o3)c(=O)n2[C@@H]1c1ccc(SC)cc1. The van der Waals surface area contributed by atoms with Crippen molar-refractivity contribution >= 4 is 40.8 Å². The highest BCUT2D eigenvalue weighted by Gasteiger charge is 2.35. The predicted octanol–water partition coefficient (Wildman–Crippen LogP) is 4.56. The zero-order valence-corrected chi connectivity index (χ0v) is 21.7. The average Bonchev–Trinajstić information content (AvgIpc) is 3.45. The average molecular weight is 517 g/mol. The highest BCUT2D eigenvalue weighted by atomic mass is 32.2. The van der Waals surface area contributed by atoms with Crippen molar-refractivity contribution in [2.45, 2.75) is 24.8 Å². The standard InChI is InChI=1S/C28H24N2O4S2/c1-4-33-27(32)23-24(18-8-6-5-7-9-18)29-28-30(25(23)19-11-14-21(35-3)15-12-19)26(31)22(36-28)16-20-13-10-17(2)34-20/h5-16,25H,4H2,1-3H3/b22-16-/t25-/m1/s1. The fourth-order valence-electron chi connectivity index (χ4n) is 4.20. The number of aromatic nitrogens is 1. The van der Waals surface area contributed by atoms with Crippen LogP contribution in [0, 0.1) is 6.92 Å². The molecule has 0 amide bonds. The molecule has 36 heavy (non-hydrogen) atoms. The number of fused-ring (bicyclic) bond motifs is 1. The summed E-state index contributed by atoms with van der Waals surface area (Å²) in [6.45, 7) is 3.84. The molecule has 1 aliphatic heterocycles.